The van der Waals surface area contributed by atoms with E-state index in [0.717, 1.165) is 6.07 Å². The summed E-state index contributed by atoms with van der Waals surface area (Å²) < 4.78 is 30.2. The molecule has 0 unspecified atom stereocenters. The van der Waals surface area contributed by atoms with Gasteiger partial charge >= 0.3 is 5.97 Å². The van der Waals surface area contributed by atoms with Crippen LogP contribution < -0.4 is 5.73 Å². The van der Waals surface area contributed by atoms with Crippen LogP contribution in [-0.4, -0.2) is 29.2 Å². The Kier molecular flexibility index (Phi) is 2.56. The molecule has 1 aromatic carbocycles. The summed E-state index contributed by atoms with van der Waals surface area (Å²) in [5.74, 6) is -2.17. The van der Waals surface area contributed by atoms with Crippen LogP contribution >= 0.6 is 0 Å². The molecule has 0 bridgehead atoms. The molecule has 0 amide bonds. The van der Waals surface area contributed by atoms with Gasteiger partial charge in [-0.3, -0.25) is 4.55 Å². The molecule has 8 heteroatoms. The first kappa shape index (κ1) is 11.3. The summed E-state index contributed by atoms with van der Waals surface area (Å²) in [6, 6.07) is 1.44. The van der Waals surface area contributed by atoms with Gasteiger partial charge in [-0.15, -0.1) is 0 Å². The fourth-order valence-electron chi connectivity index (χ4n) is 0.949. The summed E-state index contributed by atoms with van der Waals surface area (Å²) in [4.78, 5) is 9.68. The molecule has 0 fully saturated rings. The van der Waals surface area contributed by atoms with E-state index in [9.17, 15) is 13.2 Å². The Labute approximate surface area is 84.5 Å². The lowest BCUT2D eigenvalue weighted by molar-refractivity contribution is 0.0696. The van der Waals surface area contributed by atoms with E-state index in [1.807, 2.05) is 0 Å². The number of carboxylic acids is 1. The molecule has 0 aliphatic rings. The lowest BCUT2D eigenvalue weighted by Crippen LogP contribution is -2.06. The second-order valence-electron chi connectivity index (χ2n) is 2.69. The molecule has 0 heterocycles. The first-order chi connectivity index (χ1) is 6.73. The van der Waals surface area contributed by atoms with Gasteiger partial charge in [-0.1, -0.05) is 0 Å². The van der Waals surface area contributed by atoms with E-state index in [2.05, 4.69) is 0 Å². The molecule has 5 N–H and O–H groups in total. The third-order valence-corrected chi connectivity index (χ3v) is 2.54. The van der Waals surface area contributed by atoms with Crippen LogP contribution in [-0.2, 0) is 10.1 Å². The van der Waals surface area contributed by atoms with Crippen molar-refractivity contribution in [2.45, 2.75) is 4.90 Å². The zero-order valence-corrected chi connectivity index (χ0v) is 8.02. The number of hydrogen-bond donors (Lipinski definition) is 4. The number of aromatic hydroxyl groups is 1. The van der Waals surface area contributed by atoms with Gasteiger partial charge < -0.3 is 15.9 Å². The summed E-state index contributed by atoms with van der Waals surface area (Å²) in [6.07, 6.45) is 0. The number of nitrogen functional groups attached to an aromatic ring is 1. The number of rotatable bonds is 2. The van der Waals surface area contributed by atoms with Gasteiger partial charge in [0.25, 0.3) is 10.1 Å². The van der Waals surface area contributed by atoms with E-state index >= 15 is 0 Å². The van der Waals surface area contributed by atoms with E-state index in [-0.39, 0.29) is 0 Å². The number of hydrogen-bond acceptors (Lipinski definition) is 5. The molecule has 0 aliphatic heterocycles. The lowest BCUT2D eigenvalue weighted by atomic mass is 10.2. The van der Waals surface area contributed by atoms with E-state index in [4.69, 9.17) is 20.5 Å². The van der Waals surface area contributed by atoms with Crippen molar-refractivity contribution < 1.29 is 28.0 Å². The maximum Gasteiger partial charge on any atom is 0.335 e. The average molecular weight is 233 g/mol. The number of carboxylic acid groups (broad SMARTS) is 1. The average Bonchev–Trinajstić information content (AvgIpc) is 2.06. The molecule has 82 valence electrons. The number of benzene rings is 1. The summed E-state index contributed by atoms with van der Waals surface area (Å²) in [5.41, 5.74) is 4.07. The van der Waals surface area contributed by atoms with Crippen LogP contribution in [0.15, 0.2) is 17.0 Å². The van der Waals surface area contributed by atoms with Crippen molar-refractivity contribution in [2.75, 3.05) is 5.73 Å². The minimum Gasteiger partial charge on any atom is -0.506 e. The number of nitrogens with two attached hydrogens (primary N) is 1. The van der Waals surface area contributed by atoms with Crippen molar-refractivity contribution in [1.82, 2.24) is 0 Å². The molecule has 1 aromatic rings. The van der Waals surface area contributed by atoms with Crippen LogP contribution in [0.1, 0.15) is 10.4 Å². The Balaban J connectivity index is 3.59. The molecule has 0 saturated carbocycles. The van der Waals surface area contributed by atoms with Crippen LogP contribution in [0.4, 0.5) is 5.69 Å². The maximum absolute atomic E-state index is 10.8. The molecular formula is C7H7NO6S. The highest BCUT2D eigenvalue weighted by Gasteiger charge is 2.20. The molecule has 0 atom stereocenters. The quantitative estimate of drug-likeness (QED) is 0.318. The number of aromatic carboxylic acids is 1. The monoisotopic (exact) mass is 233 g/mol. The summed E-state index contributed by atoms with van der Waals surface area (Å²) in [5, 5.41) is 17.7. The third-order valence-electron chi connectivity index (χ3n) is 1.65. The summed E-state index contributed by atoms with van der Waals surface area (Å²) in [6.45, 7) is 0. The SMILES string of the molecule is Nc1c(O)cc(C(=O)O)cc1S(=O)(=O)O. The number of phenols is 1. The first-order valence-electron chi connectivity index (χ1n) is 3.56. The zero-order chi connectivity index (χ0) is 11.8. The Morgan fingerprint density at radius 2 is 1.87 bits per heavy atom. The lowest BCUT2D eigenvalue weighted by Gasteiger charge is -2.05. The highest BCUT2D eigenvalue weighted by molar-refractivity contribution is 7.86. The first-order valence-corrected chi connectivity index (χ1v) is 5.00. The smallest absolute Gasteiger partial charge is 0.335 e. The van der Waals surface area contributed by atoms with E-state index in [1.165, 1.54) is 0 Å². The van der Waals surface area contributed by atoms with Gasteiger partial charge in [0.05, 0.1) is 11.3 Å². The molecule has 0 aliphatic carbocycles. The molecule has 7 nitrogen and oxygen atoms in total. The van der Waals surface area contributed by atoms with Crippen LogP contribution in [0, 0.1) is 0 Å². The van der Waals surface area contributed by atoms with Crippen LogP contribution in [0.2, 0.25) is 0 Å². The minimum atomic E-state index is -4.66. The molecule has 0 aromatic heterocycles. The highest BCUT2D eigenvalue weighted by atomic mass is 32.2. The standard InChI is InChI=1S/C7H7NO6S/c8-6-4(9)1-3(7(10)11)2-5(6)15(12,13)14/h1-2,9H,8H2,(H,10,11)(H,12,13,14). The van der Waals surface area contributed by atoms with Crippen molar-refractivity contribution >= 4 is 21.8 Å². The van der Waals surface area contributed by atoms with Gasteiger partial charge in [-0.25, -0.2) is 4.79 Å². The molecule has 0 spiro atoms. The van der Waals surface area contributed by atoms with Crippen molar-refractivity contribution in [3.63, 3.8) is 0 Å². The van der Waals surface area contributed by atoms with Gasteiger partial charge in [0, 0.05) is 0 Å². The Hall–Kier alpha value is -1.80. The topological polar surface area (TPSA) is 138 Å². The van der Waals surface area contributed by atoms with Crippen molar-refractivity contribution in [2.24, 2.45) is 0 Å². The molecule has 0 saturated heterocycles. The Morgan fingerprint density at radius 3 is 2.27 bits per heavy atom. The minimum absolute atomic E-state index is 0.491. The summed E-state index contributed by atoms with van der Waals surface area (Å²) in [7, 11) is -4.66. The zero-order valence-electron chi connectivity index (χ0n) is 7.21. The fourth-order valence-corrected chi connectivity index (χ4v) is 1.61. The predicted octanol–water partition coefficient (Wildman–Crippen LogP) is -0.0807. The Morgan fingerprint density at radius 1 is 1.33 bits per heavy atom. The van der Waals surface area contributed by atoms with Gasteiger partial charge in [-0.2, -0.15) is 8.42 Å². The van der Waals surface area contributed by atoms with Crippen molar-refractivity contribution in [3.8, 4) is 5.75 Å². The van der Waals surface area contributed by atoms with Crippen LogP contribution in [0.5, 0.6) is 5.75 Å². The third kappa shape index (κ3) is 2.17. The molecule has 15 heavy (non-hydrogen) atoms. The predicted molar refractivity (Wildman–Crippen MR) is 49.3 cm³/mol. The Bertz CT molecular complexity index is 521. The van der Waals surface area contributed by atoms with Gasteiger partial charge in [0.15, 0.2) is 0 Å². The molecule has 1 rings (SSSR count). The van der Waals surface area contributed by atoms with Gasteiger partial charge in [0.2, 0.25) is 0 Å². The van der Waals surface area contributed by atoms with Crippen molar-refractivity contribution in [3.05, 3.63) is 17.7 Å². The van der Waals surface area contributed by atoms with Crippen molar-refractivity contribution in [1.29, 1.82) is 0 Å². The normalized spacial score (nSPS) is 11.3. The number of carbonyl (C=O) groups is 1. The van der Waals surface area contributed by atoms with E-state index < -0.39 is 38.0 Å². The highest BCUT2D eigenvalue weighted by Crippen LogP contribution is 2.29. The fraction of sp³-hybridized carbons (Fsp3) is 0. The molecular weight excluding hydrogens is 226 g/mol. The summed E-state index contributed by atoms with van der Waals surface area (Å²) >= 11 is 0. The second kappa shape index (κ2) is 3.41. The number of anilines is 1. The van der Waals surface area contributed by atoms with Crippen LogP contribution in [0.3, 0.4) is 0 Å². The van der Waals surface area contributed by atoms with E-state index in [0.29, 0.717) is 6.07 Å². The molecule has 0 radical (unpaired) electrons. The van der Waals surface area contributed by atoms with E-state index in [1.54, 1.807) is 0 Å². The second-order valence-corrected chi connectivity index (χ2v) is 4.08. The van der Waals surface area contributed by atoms with Gasteiger partial charge in [-0.05, 0) is 12.1 Å². The maximum atomic E-state index is 10.8. The van der Waals surface area contributed by atoms with Crippen LogP contribution in [0.25, 0.3) is 0 Å². The largest absolute Gasteiger partial charge is 0.506 e. The number of phenolic OH excluding ortho intramolecular Hbond substituents is 1. The van der Waals surface area contributed by atoms with Gasteiger partial charge in [0.1, 0.15) is 10.6 Å².